The lowest BCUT2D eigenvalue weighted by atomic mass is 9.77. The number of carbonyl (C=O) groups is 3. The van der Waals surface area contributed by atoms with Crippen molar-refractivity contribution >= 4 is 35.4 Å². The van der Waals surface area contributed by atoms with Crippen molar-refractivity contribution in [3.05, 3.63) is 51.1 Å². The molecule has 0 radical (unpaired) electrons. The molecule has 1 aliphatic rings. The summed E-state index contributed by atoms with van der Waals surface area (Å²) in [6.07, 6.45) is 1.22. The van der Waals surface area contributed by atoms with Gasteiger partial charge in [0.15, 0.2) is 0 Å². The number of benzene rings is 1. The fourth-order valence-electron chi connectivity index (χ4n) is 3.04. The van der Waals surface area contributed by atoms with Crippen LogP contribution in [0.1, 0.15) is 24.0 Å². The van der Waals surface area contributed by atoms with Gasteiger partial charge in [-0.05, 0) is 17.2 Å². The molecule has 0 saturated carbocycles. The Labute approximate surface area is 153 Å². The van der Waals surface area contributed by atoms with Crippen molar-refractivity contribution in [2.45, 2.75) is 23.8 Å². The quantitative estimate of drug-likeness (QED) is 0.195. The zero-order chi connectivity index (χ0) is 19.6. The van der Waals surface area contributed by atoms with Gasteiger partial charge in [-0.2, -0.15) is 0 Å². The number of nitro groups is 1. The molecular formula is C17H16ClNO7. The van der Waals surface area contributed by atoms with E-state index in [1.807, 2.05) is 0 Å². The summed E-state index contributed by atoms with van der Waals surface area (Å²) in [5.41, 5.74) is 0.147. The fraction of sp³-hybridized carbons (Fsp3) is 0.353. The van der Waals surface area contributed by atoms with E-state index in [9.17, 15) is 24.5 Å². The zero-order valence-electron chi connectivity index (χ0n) is 14.2. The molecule has 0 aliphatic heterocycles. The standard InChI is InChI=1S/C17H16ClNO7/c1-9(19(23)24)13-11-7-5-4-6-10(11)8-12(15(21)25-2)14(20)17(13,18)16(22)26-3/h4-9,13H,1-3H3/t9-,13-,17+/m1/s1. The highest BCUT2D eigenvalue weighted by molar-refractivity contribution is 6.51. The van der Waals surface area contributed by atoms with Gasteiger partial charge in [0.1, 0.15) is 5.57 Å². The van der Waals surface area contributed by atoms with Crippen molar-refractivity contribution in [1.29, 1.82) is 0 Å². The Bertz CT molecular complexity index is 819. The van der Waals surface area contributed by atoms with Crippen molar-refractivity contribution in [3.8, 4) is 0 Å². The highest BCUT2D eigenvalue weighted by atomic mass is 35.5. The number of alkyl halides is 1. The van der Waals surface area contributed by atoms with Crippen LogP contribution < -0.4 is 0 Å². The van der Waals surface area contributed by atoms with Crippen molar-refractivity contribution in [2.24, 2.45) is 0 Å². The monoisotopic (exact) mass is 381 g/mol. The minimum Gasteiger partial charge on any atom is -0.467 e. The molecule has 8 nitrogen and oxygen atoms in total. The van der Waals surface area contributed by atoms with Crippen LogP contribution in [0.15, 0.2) is 29.8 Å². The number of ether oxygens (including phenoxy) is 2. The van der Waals surface area contributed by atoms with E-state index < -0.39 is 45.1 Å². The number of nitrogens with zero attached hydrogens (tertiary/aromatic N) is 1. The fourth-order valence-corrected chi connectivity index (χ4v) is 3.52. The minimum atomic E-state index is -2.49. The molecule has 0 aromatic heterocycles. The number of hydrogen-bond acceptors (Lipinski definition) is 7. The maximum absolute atomic E-state index is 13.0. The smallest absolute Gasteiger partial charge is 0.341 e. The van der Waals surface area contributed by atoms with Gasteiger partial charge in [0, 0.05) is 11.8 Å². The average Bonchev–Trinajstić information content (AvgIpc) is 2.73. The van der Waals surface area contributed by atoms with Gasteiger partial charge in [-0.1, -0.05) is 35.9 Å². The third-order valence-corrected chi connectivity index (χ3v) is 4.90. The summed E-state index contributed by atoms with van der Waals surface area (Å²) in [4.78, 5) is 46.0. The van der Waals surface area contributed by atoms with Crippen LogP contribution in [0.25, 0.3) is 6.08 Å². The van der Waals surface area contributed by atoms with E-state index in [1.54, 1.807) is 18.2 Å². The van der Waals surface area contributed by atoms with Crippen LogP contribution in [0.4, 0.5) is 0 Å². The van der Waals surface area contributed by atoms with E-state index in [-0.39, 0.29) is 5.56 Å². The number of fused-ring (bicyclic) bond motifs is 1. The lowest BCUT2D eigenvalue weighted by molar-refractivity contribution is -0.522. The van der Waals surface area contributed by atoms with E-state index in [0.717, 1.165) is 14.2 Å². The number of methoxy groups -OCH3 is 2. The Morgan fingerprint density at radius 3 is 2.42 bits per heavy atom. The molecular weight excluding hydrogens is 366 g/mol. The molecule has 26 heavy (non-hydrogen) atoms. The van der Waals surface area contributed by atoms with Crippen LogP contribution >= 0.6 is 11.6 Å². The molecule has 0 heterocycles. The van der Waals surface area contributed by atoms with Gasteiger partial charge in [-0.3, -0.25) is 14.9 Å². The minimum absolute atomic E-state index is 0.282. The Morgan fingerprint density at radius 1 is 1.27 bits per heavy atom. The van der Waals surface area contributed by atoms with Gasteiger partial charge in [-0.15, -0.1) is 0 Å². The van der Waals surface area contributed by atoms with Crippen LogP contribution in [0.5, 0.6) is 0 Å². The van der Waals surface area contributed by atoms with E-state index in [1.165, 1.54) is 19.1 Å². The van der Waals surface area contributed by atoms with Crippen LogP contribution in [-0.2, 0) is 23.9 Å². The third-order valence-electron chi connectivity index (χ3n) is 4.34. The number of esters is 2. The molecule has 1 aromatic carbocycles. The Balaban J connectivity index is 2.88. The van der Waals surface area contributed by atoms with Crippen LogP contribution in [0.2, 0.25) is 0 Å². The molecule has 0 fully saturated rings. The molecule has 3 atom stereocenters. The van der Waals surface area contributed by atoms with E-state index in [0.29, 0.717) is 5.56 Å². The number of ketones is 1. The first-order chi connectivity index (χ1) is 12.2. The molecule has 0 spiro atoms. The van der Waals surface area contributed by atoms with Crippen LogP contribution in [0.3, 0.4) is 0 Å². The summed E-state index contributed by atoms with van der Waals surface area (Å²) >= 11 is 6.43. The number of halogens is 1. The van der Waals surface area contributed by atoms with Gasteiger partial charge in [0.2, 0.25) is 16.7 Å². The van der Waals surface area contributed by atoms with Crippen molar-refractivity contribution < 1.29 is 28.8 Å². The summed E-state index contributed by atoms with van der Waals surface area (Å²) in [5.74, 6) is -4.66. The maximum atomic E-state index is 13.0. The number of Topliss-reactive ketones (excluding diaryl/α,β-unsaturated/α-hetero) is 1. The zero-order valence-corrected chi connectivity index (χ0v) is 15.0. The van der Waals surface area contributed by atoms with Crippen molar-refractivity contribution in [1.82, 2.24) is 0 Å². The Hall–Kier alpha value is -2.74. The molecule has 0 saturated heterocycles. The normalized spacial score (nSPS) is 23.2. The summed E-state index contributed by atoms with van der Waals surface area (Å²) in [6.45, 7) is 1.23. The summed E-state index contributed by atoms with van der Waals surface area (Å²) in [7, 11) is 2.07. The lowest BCUT2D eigenvalue weighted by Crippen LogP contribution is -2.52. The highest BCUT2D eigenvalue weighted by Crippen LogP contribution is 2.45. The first-order valence-electron chi connectivity index (χ1n) is 7.54. The van der Waals surface area contributed by atoms with Crippen LogP contribution in [0, 0.1) is 10.1 Å². The molecule has 1 aliphatic carbocycles. The molecule has 0 N–H and O–H groups in total. The molecule has 138 valence electrons. The highest BCUT2D eigenvalue weighted by Gasteiger charge is 2.60. The molecule has 9 heteroatoms. The second-order valence-electron chi connectivity index (χ2n) is 5.71. The molecule has 0 bridgehead atoms. The van der Waals surface area contributed by atoms with Gasteiger partial charge in [-0.25, -0.2) is 9.59 Å². The van der Waals surface area contributed by atoms with E-state index >= 15 is 0 Å². The van der Waals surface area contributed by atoms with E-state index in [2.05, 4.69) is 9.47 Å². The molecule has 0 unspecified atom stereocenters. The molecule has 0 amide bonds. The maximum Gasteiger partial charge on any atom is 0.341 e. The average molecular weight is 382 g/mol. The Kier molecular flexibility index (Phi) is 5.46. The second-order valence-corrected chi connectivity index (χ2v) is 6.31. The molecule has 1 aromatic rings. The summed E-state index contributed by atoms with van der Waals surface area (Å²) < 4.78 is 9.27. The predicted octanol–water partition coefficient (Wildman–Crippen LogP) is 1.73. The van der Waals surface area contributed by atoms with Gasteiger partial charge in [0.05, 0.1) is 20.1 Å². The van der Waals surface area contributed by atoms with Gasteiger partial charge < -0.3 is 9.47 Å². The first kappa shape index (κ1) is 19.6. The number of rotatable bonds is 4. The third kappa shape index (κ3) is 2.96. The molecule has 2 rings (SSSR count). The van der Waals surface area contributed by atoms with Gasteiger partial charge >= 0.3 is 11.9 Å². The SMILES string of the molecule is COC(=O)C1=Cc2ccccc2[C@@H]([C@@H](C)[N+](=O)[O-])[C@@](Cl)(C(=O)OC)C1=O. The largest absolute Gasteiger partial charge is 0.467 e. The first-order valence-corrected chi connectivity index (χ1v) is 7.92. The van der Waals surface area contributed by atoms with E-state index in [4.69, 9.17) is 11.6 Å². The topological polar surface area (TPSA) is 113 Å². The second kappa shape index (κ2) is 7.25. The van der Waals surface area contributed by atoms with Crippen molar-refractivity contribution in [2.75, 3.05) is 14.2 Å². The predicted molar refractivity (Wildman–Crippen MR) is 91.2 cm³/mol. The summed E-state index contributed by atoms with van der Waals surface area (Å²) in [5, 5.41) is 11.5. The lowest BCUT2D eigenvalue weighted by Gasteiger charge is -2.31. The Morgan fingerprint density at radius 2 is 1.88 bits per heavy atom. The number of carbonyl (C=O) groups excluding carboxylic acids is 3. The van der Waals surface area contributed by atoms with Crippen molar-refractivity contribution in [3.63, 3.8) is 0 Å². The van der Waals surface area contributed by atoms with Crippen LogP contribution in [-0.4, -0.2) is 47.8 Å². The number of hydrogen-bond donors (Lipinski definition) is 0. The summed E-state index contributed by atoms with van der Waals surface area (Å²) in [6, 6.07) is 4.88. The van der Waals surface area contributed by atoms with Gasteiger partial charge in [0.25, 0.3) is 0 Å².